The SMILES string of the molecule is Cc1ccc(F)cc1OCc1ccc(CNC(C)(C)C)o1. The van der Waals surface area contributed by atoms with Crippen LogP contribution in [0.25, 0.3) is 0 Å². The molecule has 1 N–H and O–H groups in total. The van der Waals surface area contributed by atoms with Gasteiger partial charge in [-0.3, -0.25) is 0 Å². The summed E-state index contributed by atoms with van der Waals surface area (Å²) in [6.45, 7) is 9.16. The van der Waals surface area contributed by atoms with Crippen molar-refractivity contribution < 1.29 is 13.5 Å². The van der Waals surface area contributed by atoms with Gasteiger partial charge in [-0.1, -0.05) is 6.07 Å². The first-order valence-corrected chi connectivity index (χ1v) is 7.05. The average Bonchev–Trinajstić information content (AvgIpc) is 2.85. The lowest BCUT2D eigenvalue weighted by Crippen LogP contribution is -2.34. The molecular formula is C17H22FNO2. The zero-order chi connectivity index (χ0) is 15.5. The van der Waals surface area contributed by atoms with Crippen molar-refractivity contribution in [3.63, 3.8) is 0 Å². The van der Waals surface area contributed by atoms with Gasteiger partial charge in [0.2, 0.25) is 0 Å². The average molecular weight is 291 g/mol. The van der Waals surface area contributed by atoms with Crippen LogP contribution in [0.1, 0.15) is 37.9 Å². The molecule has 2 rings (SSSR count). The molecule has 0 saturated heterocycles. The highest BCUT2D eigenvalue weighted by Crippen LogP contribution is 2.20. The maximum atomic E-state index is 13.2. The standard InChI is InChI=1S/C17H22FNO2/c1-12-5-6-13(18)9-16(12)20-11-15-8-7-14(21-15)10-19-17(2,3)4/h5-9,19H,10-11H2,1-4H3. The van der Waals surface area contributed by atoms with Gasteiger partial charge >= 0.3 is 0 Å². The smallest absolute Gasteiger partial charge is 0.146 e. The predicted molar refractivity (Wildman–Crippen MR) is 80.8 cm³/mol. The molecule has 4 heteroatoms. The van der Waals surface area contributed by atoms with Crippen LogP contribution >= 0.6 is 0 Å². The predicted octanol–water partition coefficient (Wildman–Crippen LogP) is 4.19. The number of hydrogen-bond donors (Lipinski definition) is 1. The van der Waals surface area contributed by atoms with Crippen molar-refractivity contribution in [2.45, 2.75) is 46.4 Å². The van der Waals surface area contributed by atoms with Crippen LogP contribution in [-0.4, -0.2) is 5.54 Å². The fourth-order valence-corrected chi connectivity index (χ4v) is 1.83. The first-order valence-electron chi connectivity index (χ1n) is 7.05. The first-order chi connectivity index (χ1) is 9.83. The van der Waals surface area contributed by atoms with Crippen molar-refractivity contribution in [3.05, 3.63) is 53.2 Å². The number of ether oxygens (including phenoxy) is 1. The molecule has 1 aromatic carbocycles. The van der Waals surface area contributed by atoms with E-state index in [1.807, 2.05) is 19.1 Å². The second kappa shape index (κ2) is 6.31. The number of aryl methyl sites for hydroxylation is 1. The Hall–Kier alpha value is -1.81. The Morgan fingerprint density at radius 2 is 1.86 bits per heavy atom. The van der Waals surface area contributed by atoms with Crippen LogP contribution in [0.2, 0.25) is 0 Å². The third-order valence-electron chi connectivity index (χ3n) is 3.03. The van der Waals surface area contributed by atoms with Gasteiger partial charge in [-0.2, -0.15) is 0 Å². The number of furan rings is 1. The molecule has 0 aliphatic rings. The van der Waals surface area contributed by atoms with Gasteiger partial charge in [0.05, 0.1) is 6.54 Å². The molecule has 114 valence electrons. The lowest BCUT2D eigenvalue weighted by atomic mass is 10.1. The Morgan fingerprint density at radius 3 is 2.57 bits per heavy atom. The van der Waals surface area contributed by atoms with Gasteiger partial charge in [0, 0.05) is 11.6 Å². The number of halogens is 1. The van der Waals surface area contributed by atoms with E-state index < -0.39 is 0 Å². The van der Waals surface area contributed by atoms with Crippen molar-refractivity contribution in [3.8, 4) is 5.75 Å². The van der Waals surface area contributed by atoms with Gasteiger partial charge in [0.15, 0.2) is 0 Å². The molecule has 1 heterocycles. The van der Waals surface area contributed by atoms with Gasteiger partial charge in [0.25, 0.3) is 0 Å². The summed E-state index contributed by atoms with van der Waals surface area (Å²) in [5.74, 6) is 1.83. The number of benzene rings is 1. The van der Waals surface area contributed by atoms with Crippen LogP contribution in [-0.2, 0) is 13.2 Å². The summed E-state index contributed by atoms with van der Waals surface area (Å²) in [7, 11) is 0. The molecule has 2 aromatic rings. The van der Waals surface area contributed by atoms with Crippen molar-refractivity contribution in [1.29, 1.82) is 0 Å². The van der Waals surface area contributed by atoms with Crippen molar-refractivity contribution in [2.24, 2.45) is 0 Å². The molecule has 0 fully saturated rings. The summed E-state index contributed by atoms with van der Waals surface area (Å²) in [5.41, 5.74) is 0.944. The highest BCUT2D eigenvalue weighted by Gasteiger charge is 2.11. The molecular weight excluding hydrogens is 269 g/mol. The van der Waals surface area contributed by atoms with Crippen LogP contribution in [0.15, 0.2) is 34.7 Å². The second-order valence-corrected chi connectivity index (χ2v) is 6.17. The molecule has 0 aliphatic heterocycles. The Morgan fingerprint density at radius 1 is 1.14 bits per heavy atom. The molecule has 0 bridgehead atoms. The topological polar surface area (TPSA) is 34.4 Å². The van der Waals surface area contributed by atoms with E-state index >= 15 is 0 Å². The molecule has 0 amide bonds. The van der Waals surface area contributed by atoms with E-state index in [1.54, 1.807) is 6.07 Å². The summed E-state index contributed by atoms with van der Waals surface area (Å²) < 4.78 is 24.5. The van der Waals surface area contributed by atoms with Crippen molar-refractivity contribution in [1.82, 2.24) is 5.32 Å². The van der Waals surface area contributed by atoms with Gasteiger partial charge in [-0.05, 0) is 51.5 Å². The fraction of sp³-hybridized carbons (Fsp3) is 0.412. The second-order valence-electron chi connectivity index (χ2n) is 6.17. The van der Waals surface area contributed by atoms with Crippen LogP contribution in [0.4, 0.5) is 4.39 Å². The lowest BCUT2D eigenvalue weighted by molar-refractivity contribution is 0.260. The van der Waals surface area contributed by atoms with E-state index in [0.717, 1.165) is 17.1 Å². The van der Waals surface area contributed by atoms with Gasteiger partial charge in [0.1, 0.15) is 29.7 Å². The largest absolute Gasteiger partial charge is 0.485 e. The highest BCUT2D eigenvalue weighted by atomic mass is 19.1. The summed E-state index contributed by atoms with van der Waals surface area (Å²) >= 11 is 0. The van der Waals surface area contributed by atoms with Crippen molar-refractivity contribution in [2.75, 3.05) is 0 Å². The zero-order valence-corrected chi connectivity index (χ0v) is 13.0. The molecule has 0 unspecified atom stereocenters. The molecule has 0 radical (unpaired) electrons. The summed E-state index contributed by atoms with van der Waals surface area (Å²) in [4.78, 5) is 0. The van der Waals surface area contributed by atoms with Gasteiger partial charge in [-0.25, -0.2) is 4.39 Å². The minimum atomic E-state index is -0.301. The Labute approximate surface area is 125 Å². The monoisotopic (exact) mass is 291 g/mol. The van der Waals surface area contributed by atoms with E-state index in [1.165, 1.54) is 12.1 Å². The minimum Gasteiger partial charge on any atom is -0.485 e. The maximum absolute atomic E-state index is 13.2. The summed E-state index contributed by atoms with van der Waals surface area (Å²) in [5, 5.41) is 3.36. The van der Waals surface area contributed by atoms with E-state index in [4.69, 9.17) is 9.15 Å². The summed E-state index contributed by atoms with van der Waals surface area (Å²) in [6, 6.07) is 8.32. The third kappa shape index (κ3) is 4.90. The summed E-state index contributed by atoms with van der Waals surface area (Å²) in [6.07, 6.45) is 0. The first kappa shape index (κ1) is 15.6. The van der Waals surface area contributed by atoms with E-state index in [0.29, 0.717) is 18.9 Å². The Balaban J connectivity index is 1.92. The molecule has 21 heavy (non-hydrogen) atoms. The van der Waals surface area contributed by atoms with Gasteiger partial charge in [-0.15, -0.1) is 0 Å². The molecule has 1 aromatic heterocycles. The van der Waals surface area contributed by atoms with Crippen LogP contribution < -0.4 is 10.1 Å². The third-order valence-corrected chi connectivity index (χ3v) is 3.03. The molecule has 0 saturated carbocycles. The Bertz CT molecular complexity index is 599. The van der Waals surface area contributed by atoms with E-state index in [9.17, 15) is 4.39 Å². The number of nitrogens with one attached hydrogen (secondary N) is 1. The fourth-order valence-electron chi connectivity index (χ4n) is 1.83. The quantitative estimate of drug-likeness (QED) is 0.896. The van der Waals surface area contributed by atoms with Crippen LogP contribution in [0, 0.1) is 12.7 Å². The highest BCUT2D eigenvalue weighted by molar-refractivity contribution is 5.32. The molecule has 0 atom stereocenters. The van der Waals surface area contributed by atoms with Crippen LogP contribution in [0.3, 0.4) is 0 Å². The minimum absolute atomic E-state index is 0.0438. The van der Waals surface area contributed by atoms with E-state index in [-0.39, 0.29) is 11.4 Å². The number of rotatable bonds is 5. The maximum Gasteiger partial charge on any atom is 0.146 e. The molecule has 0 aliphatic carbocycles. The van der Waals surface area contributed by atoms with Crippen molar-refractivity contribution >= 4 is 0 Å². The number of hydrogen-bond acceptors (Lipinski definition) is 3. The van der Waals surface area contributed by atoms with Crippen LogP contribution in [0.5, 0.6) is 5.75 Å². The van der Waals surface area contributed by atoms with E-state index in [2.05, 4.69) is 26.1 Å². The molecule has 3 nitrogen and oxygen atoms in total. The van der Waals surface area contributed by atoms with Gasteiger partial charge < -0.3 is 14.5 Å². The lowest BCUT2D eigenvalue weighted by Gasteiger charge is -2.19. The molecule has 0 spiro atoms. The Kier molecular flexibility index (Phi) is 4.68. The normalized spacial score (nSPS) is 11.7. The zero-order valence-electron chi connectivity index (χ0n) is 13.0.